The van der Waals surface area contributed by atoms with Gasteiger partial charge in [0.1, 0.15) is 5.75 Å². The molecule has 1 aliphatic heterocycles. The van der Waals surface area contributed by atoms with Crippen LogP contribution in [0.1, 0.15) is 71.8 Å². The van der Waals surface area contributed by atoms with Crippen LogP contribution in [0, 0.1) is 17.3 Å². The number of nitrogens with zero attached hydrogens (tertiary/aromatic N) is 1. The molecule has 2 aromatic rings. The average Bonchev–Trinajstić information content (AvgIpc) is 2.83. The average molecular weight is 466 g/mol. The highest BCUT2D eigenvalue weighted by Crippen LogP contribution is 2.39. The van der Waals surface area contributed by atoms with Gasteiger partial charge in [-0.1, -0.05) is 45.0 Å². The molecule has 0 amide bonds. The lowest BCUT2D eigenvalue weighted by Crippen LogP contribution is -2.38. The Morgan fingerprint density at radius 1 is 0.941 bits per heavy atom. The van der Waals surface area contributed by atoms with Gasteiger partial charge in [-0.3, -0.25) is 4.79 Å². The summed E-state index contributed by atoms with van der Waals surface area (Å²) in [5.74, 6) is 1.88. The minimum Gasteiger partial charge on any atom is -0.490 e. The van der Waals surface area contributed by atoms with Crippen molar-refractivity contribution in [1.29, 1.82) is 0 Å². The van der Waals surface area contributed by atoms with E-state index in [1.807, 2.05) is 6.92 Å². The Morgan fingerprint density at radius 2 is 1.62 bits per heavy atom. The molecule has 0 radical (unpaired) electrons. The van der Waals surface area contributed by atoms with E-state index in [4.69, 9.17) is 9.47 Å². The van der Waals surface area contributed by atoms with Crippen LogP contribution in [0.15, 0.2) is 36.4 Å². The Bertz CT molecular complexity index is 947. The van der Waals surface area contributed by atoms with Gasteiger partial charge in [0.05, 0.1) is 18.6 Å². The van der Waals surface area contributed by atoms with Crippen LogP contribution in [-0.4, -0.2) is 43.2 Å². The van der Waals surface area contributed by atoms with E-state index >= 15 is 0 Å². The molecule has 2 aliphatic rings. The maximum atomic E-state index is 11.9. The third-order valence-electron chi connectivity index (χ3n) is 8.00. The van der Waals surface area contributed by atoms with E-state index in [1.165, 1.54) is 29.2 Å². The van der Waals surface area contributed by atoms with Crippen LogP contribution in [-0.2, 0) is 16.0 Å². The summed E-state index contributed by atoms with van der Waals surface area (Å²) in [6, 6.07) is 13.4. The molecule has 1 heterocycles. The van der Waals surface area contributed by atoms with Crippen molar-refractivity contribution in [3.8, 4) is 5.75 Å². The number of esters is 1. The number of hydrogen-bond donors (Lipinski definition) is 0. The molecule has 0 aromatic heterocycles. The molecular weight excluding hydrogens is 422 g/mol. The molecule has 186 valence electrons. The van der Waals surface area contributed by atoms with Crippen molar-refractivity contribution < 1.29 is 14.3 Å². The number of hydrogen-bond acceptors (Lipinski definition) is 4. The smallest absolute Gasteiger partial charge is 0.309 e. The van der Waals surface area contributed by atoms with E-state index in [1.54, 1.807) is 0 Å². The molecule has 0 unspecified atom stereocenters. The van der Waals surface area contributed by atoms with Gasteiger partial charge in [0.2, 0.25) is 0 Å². The molecule has 0 bridgehead atoms. The minimum absolute atomic E-state index is 0.0161. The van der Waals surface area contributed by atoms with E-state index < -0.39 is 0 Å². The zero-order valence-electron chi connectivity index (χ0n) is 21.6. The number of fused-ring (bicyclic) bond motifs is 1. The first kappa shape index (κ1) is 25.0. The van der Waals surface area contributed by atoms with Crippen molar-refractivity contribution >= 4 is 16.7 Å². The first-order chi connectivity index (χ1) is 16.3. The van der Waals surface area contributed by atoms with Crippen molar-refractivity contribution in [3.63, 3.8) is 0 Å². The number of rotatable bonds is 7. The van der Waals surface area contributed by atoms with Crippen LogP contribution in [0.3, 0.4) is 0 Å². The zero-order valence-corrected chi connectivity index (χ0v) is 21.6. The van der Waals surface area contributed by atoms with Crippen LogP contribution < -0.4 is 4.74 Å². The van der Waals surface area contributed by atoms with Crippen molar-refractivity contribution in [2.75, 3.05) is 26.2 Å². The van der Waals surface area contributed by atoms with E-state index in [-0.39, 0.29) is 11.9 Å². The van der Waals surface area contributed by atoms with Crippen LogP contribution in [0.4, 0.5) is 0 Å². The van der Waals surface area contributed by atoms with Gasteiger partial charge in [0.15, 0.2) is 0 Å². The normalized spacial score (nSPS) is 22.6. The van der Waals surface area contributed by atoms with Crippen LogP contribution in [0.25, 0.3) is 10.8 Å². The van der Waals surface area contributed by atoms with Crippen LogP contribution >= 0.6 is 0 Å². The summed E-state index contributed by atoms with van der Waals surface area (Å²) >= 11 is 0. The summed E-state index contributed by atoms with van der Waals surface area (Å²) in [6.45, 7) is 12.5. The summed E-state index contributed by atoms with van der Waals surface area (Å²) in [6.07, 6.45) is 8.08. The van der Waals surface area contributed by atoms with E-state index in [0.29, 0.717) is 18.1 Å². The lowest BCUT2D eigenvalue weighted by molar-refractivity contribution is -0.149. The molecule has 0 atom stereocenters. The first-order valence-corrected chi connectivity index (χ1v) is 13.4. The fraction of sp³-hybridized carbons (Fsp3) is 0.633. The third kappa shape index (κ3) is 6.53. The van der Waals surface area contributed by atoms with Gasteiger partial charge in [-0.15, -0.1) is 0 Å². The molecule has 1 saturated heterocycles. The quantitative estimate of drug-likeness (QED) is 0.430. The second-order valence-electron chi connectivity index (χ2n) is 11.4. The topological polar surface area (TPSA) is 38.8 Å². The van der Waals surface area contributed by atoms with Crippen molar-refractivity contribution in [3.05, 3.63) is 42.0 Å². The van der Waals surface area contributed by atoms with Crippen LogP contribution in [0.2, 0.25) is 0 Å². The molecule has 2 fully saturated rings. The van der Waals surface area contributed by atoms with Gasteiger partial charge < -0.3 is 14.4 Å². The number of carbonyl (C=O) groups excluding carboxylic acids is 1. The van der Waals surface area contributed by atoms with E-state index in [9.17, 15) is 4.79 Å². The summed E-state index contributed by atoms with van der Waals surface area (Å²) in [4.78, 5) is 14.4. The number of carbonyl (C=O) groups is 1. The number of likely N-dealkylation sites (tertiary alicyclic amines) is 1. The second-order valence-corrected chi connectivity index (χ2v) is 11.4. The monoisotopic (exact) mass is 465 g/mol. The summed E-state index contributed by atoms with van der Waals surface area (Å²) in [5.41, 5.74) is 1.78. The van der Waals surface area contributed by atoms with E-state index in [0.717, 1.165) is 63.4 Å². The Morgan fingerprint density at radius 3 is 2.29 bits per heavy atom. The molecule has 2 aromatic carbocycles. The highest BCUT2D eigenvalue weighted by molar-refractivity contribution is 5.84. The number of ether oxygens (including phenoxy) is 2. The lowest BCUT2D eigenvalue weighted by Gasteiger charge is -2.37. The van der Waals surface area contributed by atoms with Gasteiger partial charge in [0.25, 0.3) is 0 Å². The summed E-state index contributed by atoms with van der Waals surface area (Å²) < 4.78 is 11.6. The SMILES string of the molecule is CCOC(=O)C1CCN(CCc2ccc3cc(OC4CCC(C(C)(C)C)CC4)ccc3c2)CC1. The fourth-order valence-corrected chi connectivity index (χ4v) is 5.68. The van der Waals surface area contributed by atoms with Crippen molar-refractivity contribution in [2.45, 2.75) is 78.7 Å². The van der Waals surface area contributed by atoms with Crippen molar-refractivity contribution in [1.82, 2.24) is 4.90 Å². The standard InChI is InChI=1S/C30H43NO3/c1-5-33-29(32)23-15-18-31(19-16-23)17-14-22-6-7-25-21-28(11-8-24(25)20-22)34-27-12-9-26(10-13-27)30(2,3)4/h6-8,11,20-21,23,26-27H,5,9-10,12-19H2,1-4H3. The minimum atomic E-state index is -0.0161. The molecule has 4 heteroatoms. The maximum Gasteiger partial charge on any atom is 0.309 e. The highest BCUT2D eigenvalue weighted by Gasteiger charge is 2.30. The van der Waals surface area contributed by atoms with Gasteiger partial charge >= 0.3 is 5.97 Å². The Balaban J connectivity index is 1.26. The Kier molecular flexibility index (Phi) is 8.18. The Labute approximate surface area is 206 Å². The van der Waals surface area contributed by atoms with Gasteiger partial charge in [-0.25, -0.2) is 0 Å². The lowest BCUT2D eigenvalue weighted by atomic mass is 9.72. The number of benzene rings is 2. The third-order valence-corrected chi connectivity index (χ3v) is 8.00. The molecule has 1 aliphatic carbocycles. The van der Waals surface area contributed by atoms with Gasteiger partial charge in [-0.05, 0) is 105 Å². The summed E-state index contributed by atoms with van der Waals surface area (Å²) in [5, 5.41) is 2.53. The van der Waals surface area contributed by atoms with E-state index in [2.05, 4.69) is 62.1 Å². The first-order valence-electron chi connectivity index (χ1n) is 13.4. The van der Waals surface area contributed by atoms with Crippen molar-refractivity contribution in [2.24, 2.45) is 17.3 Å². The molecule has 0 spiro atoms. The molecule has 1 saturated carbocycles. The zero-order chi connectivity index (χ0) is 24.1. The van der Waals surface area contributed by atoms with Gasteiger partial charge in [0, 0.05) is 6.54 Å². The molecule has 4 rings (SSSR count). The second kappa shape index (κ2) is 11.1. The Hall–Kier alpha value is -2.07. The fourth-order valence-electron chi connectivity index (χ4n) is 5.68. The maximum absolute atomic E-state index is 11.9. The molecule has 34 heavy (non-hydrogen) atoms. The molecule has 4 nitrogen and oxygen atoms in total. The summed E-state index contributed by atoms with van der Waals surface area (Å²) in [7, 11) is 0. The predicted octanol–water partition coefficient (Wildman–Crippen LogP) is 6.64. The van der Waals surface area contributed by atoms with Crippen LogP contribution in [0.5, 0.6) is 5.75 Å². The molecule has 0 N–H and O–H groups in total. The predicted molar refractivity (Wildman–Crippen MR) is 139 cm³/mol. The molecular formula is C30H43NO3. The van der Waals surface area contributed by atoms with Gasteiger partial charge in [-0.2, -0.15) is 0 Å². The largest absolute Gasteiger partial charge is 0.490 e. The number of piperidine rings is 1. The highest BCUT2D eigenvalue weighted by atomic mass is 16.5.